The van der Waals surface area contributed by atoms with Crippen LogP contribution in [0.2, 0.25) is 0 Å². The molecule has 1 fully saturated rings. The molecule has 6 nitrogen and oxygen atoms in total. The lowest BCUT2D eigenvalue weighted by Gasteiger charge is -2.26. The third-order valence-corrected chi connectivity index (χ3v) is 3.80. The lowest BCUT2D eigenvalue weighted by molar-refractivity contribution is 0.221. The van der Waals surface area contributed by atoms with Crippen LogP contribution in [0.3, 0.4) is 0 Å². The summed E-state index contributed by atoms with van der Waals surface area (Å²) in [7, 11) is 0. The average Bonchev–Trinajstić information content (AvgIpc) is 2.98. The van der Waals surface area contributed by atoms with Gasteiger partial charge in [-0.05, 0) is 55.8 Å². The molecule has 1 aliphatic heterocycles. The number of piperidine rings is 1. The van der Waals surface area contributed by atoms with E-state index >= 15 is 0 Å². The Morgan fingerprint density at radius 2 is 1.86 bits per heavy atom. The first-order valence-corrected chi connectivity index (χ1v) is 7.69. The summed E-state index contributed by atoms with van der Waals surface area (Å²) in [4.78, 5) is 4.09. The van der Waals surface area contributed by atoms with E-state index in [1.165, 1.54) is 37.9 Å². The van der Waals surface area contributed by atoms with E-state index in [1.54, 1.807) is 4.80 Å². The Bertz CT molecular complexity index is 556. The Kier molecular flexibility index (Phi) is 4.45. The van der Waals surface area contributed by atoms with Crippen LogP contribution in [0.25, 0.3) is 0 Å². The van der Waals surface area contributed by atoms with Crippen molar-refractivity contribution in [1.82, 2.24) is 25.1 Å². The van der Waals surface area contributed by atoms with Gasteiger partial charge in [0.1, 0.15) is 0 Å². The lowest BCUT2D eigenvalue weighted by atomic mass is 10.1. The van der Waals surface area contributed by atoms with E-state index in [1.807, 2.05) is 6.92 Å². The number of nitrogens with one attached hydrogen (secondary N) is 1. The topological polar surface area (TPSA) is 58.9 Å². The van der Waals surface area contributed by atoms with Crippen molar-refractivity contribution < 1.29 is 0 Å². The fraction of sp³-hybridized carbons (Fsp3) is 0.533. The summed E-state index contributed by atoms with van der Waals surface area (Å²) in [6, 6.07) is 8.49. The van der Waals surface area contributed by atoms with Gasteiger partial charge in [-0.1, -0.05) is 23.7 Å². The third kappa shape index (κ3) is 3.78. The molecule has 2 heterocycles. The number of hydrogen-bond donors (Lipinski definition) is 1. The molecule has 112 valence electrons. The fourth-order valence-electron chi connectivity index (χ4n) is 2.63. The molecular weight excluding hydrogens is 264 g/mol. The number of hydrogen-bond acceptors (Lipinski definition) is 5. The summed E-state index contributed by atoms with van der Waals surface area (Å²) in [6.45, 7) is 6.21. The van der Waals surface area contributed by atoms with Gasteiger partial charge in [0, 0.05) is 12.2 Å². The Labute approximate surface area is 125 Å². The van der Waals surface area contributed by atoms with Crippen LogP contribution in [0.5, 0.6) is 0 Å². The first kappa shape index (κ1) is 14.0. The monoisotopic (exact) mass is 286 g/mol. The number of aromatic nitrogens is 4. The lowest BCUT2D eigenvalue weighted by Crippen LogP contribution is -2.29. The second-order valence-corrected chi connectivity index (χ2v) is 5.46. The molecular formula is C15H22N6. The molecule has 0 spiro atoms. The number of anilines is 2. The summed E-state index contributed by atoms with van der Waals surface area (Å²) < 4.78 is 0. The van der Waals surface area contributed by atoms with Gasteiger partial charge in [0.05, 0.1) is 6.54 Å². The minimum absolute atomic E-state index is 0.542. The van der Waals surface area contributed by atoms with E-state index in [0.29, 0.717) is 5.95 Å². The van der Waals surface area contributed by atoms with Crippen molar-refractivity contribution in [1.29, 1.82) is 0 Å². The van der Waals surface area contributed by atoms with Gasteiger partial charge in [0.2, 0.25) is 0 Å². The molecule has 1 aromatic carbocycles. The molecule has 3 rings (SSSR count). The van der Waals surface area contributed by atoms with E-state index in [4.69, 9.17) is 0 Å². The Morgan fingerprint density at radius 3 is 2.52 bits per heavy atom. The van der Waals surface area contributed by atoms with Gasteiger partial charge in [-0.2, -0.15) is 4.80 Å². The zero-order valence-corrected chi connectivity index (χ0v) is 12.5. The quantitative estimate of drug-likeness (QED) is 0.914. The Balaban J connectivity index is 1.58. The van der Waals surface area contributed by atoms with Crippen molar-refractivity contribution in [2.75, 3.05) is 18.4 Å². The highest BCUT2D eigenvalue weighted by Crippen LogP contribution is 2.16. The standard InChI is InChI=1S/C15H22N6/c1-2-21-18-15(17-19-21)16-14-8-6-13(7-9-14)12-20-10-4-3-5-11-20/h6-9H,2-5,10-12H2,1H3,(H,16,18). The molecule has 0 saturated carbocycles. The summed E-state index contributed by atoms with van der Waals surface area (Å²) in [5.74, 6) is 0.542. The van der Waals surface area contributed by atoms with Crippen molar-refractivity contribution in [3.63, 3.8) is 0 Å². The maximum absolute atomic E-state index is 4.22. The molecule has 1 saturated heterocycles. The minimum atomic E-state index is 0.542. The number of benzene rings is 1. The van der Waals surface area contributed by atoms with Crippen LogP contribution >= 0.6 is 0 Å². The van der Waals surface area contributed by atoms with E-state index in [0.717, 1.165) is 18.8 Å². The van der Waals surface area contributed by atoms with Crippen LogP contribution in [0.4, 0.5) is 11.6 Å². The molecule has 1 aliphatic rings. The molecule has 1 N–H and O–H groups in total. The van der Waals surface area contributed by atoms with Crippen LogP contribution in [-0.4, -0.2) is 38.2 Å². The van der Waals surface area contributed by atoms with Crippen molar-refractivity contribution in [2.24, 2.45) is 0 Å². The number of rotatable bonds is 5. The predicted molar refractivity (Wildman–Crippen MR) is 82.3 cm³/mol. The second kappa shape index (κ2) is 6.67. The fourth-order valence-corrected chi connectivity index (χ4v) is 2.63. The van der Waals surface area contributed by atoms with Crippen LogP contribution in [-0.2, 0) is 13.1 Å². The maximum atomic E-state index is 4.22. The van der Waals surface area contributed by atoms with Crippen molar-refractivity contribution in [2.45, 2.75) is 39.3 Å². The number of likely N-dealkylation sites (tertiary alicyclic amines) is 1. The first-order valence-electron chi connectivity index (χ1n) is 7.69. The molecule has 0 aliphatic carbocycles. The van der Waals surface area contributed by atoms with Gasteiger partial charge in [0.15, 0.2) is 0 Å². The summed E-state index contributed by atoms with van der Waals surface area (Å²) >= 11 is 0. The van der Waals surface area contributed by atoms with Crippen LogP contribution < -0.4 is 5.32 Å². The second-order valence-electron chi connectivity index (χ2n) is 5.46. The SMILES string of the molecule is CCn1nnc(Nc2ccc(CN3CCCCC3)cc2)n1. The number of aryl methyl sites for hydroxylation is 1. The molecule has 0 radical (unpaired) electrons. The molecule has 0 bridgehead atoms. The maximum Gasteiger partial charge on any atom is 0.267 e. The van der Waals surface area contributed by atoms with Gasteiger partial charge in [-0.25, -0.2) is 0 Å². The van der Waals surface area contributed by atoms with Gasteiger partial charge in [0.25, 0.3) is 5.95 Å². The first-order chi connectivity index (χ1) is 10.3. The van der Waals surface area contributed by atoms with E-state index < -0.39 is 0 Å². The number of nitrogens with zero attached hydrogens (tertiary/aromatic N) is 5. The molecule has 6 heteroatoms. The normalized spacial score (nSPS) is 16.0. The summed E-state index contributed by atoms with van der Waals surface area (Å²) in [5.41, 5.74) is 2.35. The Morgan fingerprint density at radius 1 is 1.10 bits per heavy atom. The van der Waals surface area contributed by atoms with E-state index in [2.05, 4.69) is 49.9 Å². The highest BCUT2D eigenvalue weighted by Gasteiger charge is 2.10. The molecule has 21 heavy (non-hydrogen) atoms. The largest absolute Gasteiger partial charge is 0.322 e. The molecule has 2 aromatic rings. The van der Waals surface area contributed by atoms with E-state index in [9.17, 15) is 0 Å². The third-order valence-electron chi connectivity index (χ3n) is 3.80. The summed E-state index contributed by atoms with van der Waals surface area (Å²) in [5, 5.41) is 15.3. The van der Waals surface area contributed by atoms with Crippen molar-refractivity contribution in [3.05, 3.63) is 29.8 Å². The van der Waals surface area contributed by atoms with E-state index in [-0.39, 0.29) is 0 Å². The summed E-state index contributed by atoms with van der Waals surface area (Å²) in [6.07, 6.45) is 4.04. The van der Waals surface area contributed by atoms with Crippen molar-refractivity contribution >= 4 is 11.6 Å². The van der Waals surface area contributed by atoms with Gasteiger partial charge < -0.3 is 5.32 Å². The van der Waals surface area contributed by atoms with Crippen LogP contribution in [0, 0.1) is 0 Å². The highest BCUT2D eigenvalue weighted by atomic mass is 15.6. The van der Waals surface area contributed by atoms with Gasteiger partial charge >= 0.3 is 0 Å². The predicted octanol–water partition coefficient (Wildman–Crippen LogP) is 2.42. The average molecular weight is 286 g/mol. The smallest absolute Gasteiger partial charge is 0.267 e. The zero-order valence-electron chi connectivity index (χ0n) is 12.5. The van der Waals surface area contributed by atoms with Crippen molar-refractivity contribution in [3.8, 4) is 0 Å². The van der Waals surface area contributed by atoms with Crippen LogP contribution in [0.15, 0.2) is 24.3 Å². The zero-order chi connectivity index (χ0) is 14.5. The molecule has 0 atom stereocenters. The van der Waals surface area contributed by atoms with Gasteiger partial charge in [-0.15, -0.1) is 5.10 Å². The minimum Gasteiger partial charge on any atom is -0.322 e. The number of tetrazole rings is 1. The molecule has 0 amide bonds. The molecule has 0 unspecified atom stereocenters. The highest BCUT2D eigenvalue weighted by molar-refractivity contribution is 5.52. The molecule has 1 aromatic heterocycles. The van der Waals surface area contributed by atoms with Gasteiger partial charge in [-0.3, -0.25) is 4.90 Å². The Hall–Kier alpha value is -1.95. The van der Waals surface area contributed by atoms with Crippen LogP contribution in [0.1, 0.15) is 31.7 Å².